The molecule has 0 unspecified atom stereocenters. The monoisotopic (exact) mass is 284 g/mol. The van der Waals surface area contributed by atoms with Crippen LogP contribution in [0.1, 0.15) is 56.6 Å². The average molecular weight is 284 g/mol. The molecule has 0 bridgehead atoms. The molecule has 2 heteroatoms. The minimum atomic E-state index is -0.202. The first-order chi connectivity index (χ1) is 9.95. The highest BCUT2D eigenvalue weighted by molar-refractivity contribution is 5.46. The van der Waals surface area contributed by atoms with Gasteiger partial charge in [0, 0.05) is 5.41 Å². The number of aliphatic hydroxyl groups excluding tert-OH is 1. The van der Waals surface area contributed by atoms with Crippen LogP contribution in [0, 0.1) is 10.8 Å². The Bertz CT molecular complexity index is 632. The molecule has 4 atom stereocenters. The maximum absolute atomic E-state index is 10.4. The van der Waals surface area contributed by atoms with E-state index >= 15 is 0 Å². The number of aromatic hydroxyl groups is 1. The van der Waals surface area contributed by atoms with Crippen LogP contribution in [0.5, 0.6) is 5.75 Å². The molecule has 2 N–H and O–H groups in total. The number of rotatable bonds is 0. The van der Waals surface area contributed by atoms with Crippen LogP contribution in [0.4, 0.5) is 0 Å². The van der Waals surface area contributed by atoms with Crippen LogP contribution in [0.15, 0.2) is 29.8 Å². The van der Waals surface area contributed by atoms with E-state index in [0.29, 0.717) is 11.7 Å². The maximum Gasteiger partial charge on any atom is 0.115 e. The molecule has 112 valence electrons. The lowest BCUT2D eigenvalue weighted by Crippen LogP contribution is -2.45. The quantitative estimate of drug-likeness (QED) is 0.709. The smallest absolute Gasteiger partial charge is 0.115 e. The van der Waals surface area contributed by atoms with Crippen LogP contribution in [-0.4, -0.2) is 16.3 Å². The van der Waals surface area contributed by atoms with Gasteiger partial charge in [-0.15, -0.1) is 0 Å². The van der Waals surface area contributed by atoms with Gasteiger partial charge in [-0.1, -0.05) is 31.6 Å². The second-order valence-corrected chi connectivity index (χ2v) is 7.68. The summed E-state index contributed by atoms with van der Waals surface area (Å²) >= 11 is 0. The molecule has 1 fully saturated rings. The summed E-state index contributed by atoms with van der Waals surface area (Å²) in [4.78, 5) is 0. The molecule has 0 spiro atoms. The molecule has 4 rings (SSSR count). The van der Waals surface area contributed by atoms with Gasteiger partial charge in [-0.3, -0.25) is 0 Å². The van der Waals surface area contributed by atoms with Crippen LogP contribution >= 0.6 is 0 Å². The Morgan fingerprint density at radius 1 is 1.14 bits per heavy atom. The van der Waals surface area contributed by atoms with Crippen molar-refractivity contribution < 1.29 is 10.2 Å². The van der Waals surface area contributed by atoms with Gasteiger partial charge in [-0.25, -0.2) is 0 Å². The van der Waals surface area contributed by atoms with Crippen LogP contribution < -0.4 is 0 Å². The lowest BCUT2D eigenvalue weighted by molar-refractivity contribution is 0.0270. The molecule has 2 nitrogen and oxygen atoms in total. The van der Waals surface area contributed by atoms with Crippen molar-refractivity contribution in [3.8, 4) is 5.75 Å². The van der Waals surface area contributed by atoms with Crippen molar-refractivity contribution in [2.75, 3.05) is 0 Å². The maximum atomic E-state index is 10.4. The number of hydrogen-bond acceptors (Lipinski definition) is 2. The third-order valence-electron chi connectivity index (χ3n) is 6.65. The minimum absolute atomic E-state index is 0.0142. The van der Waals surface area contributed by atoms with Crippen molar-refractivity contribution in [1.29, 1.82) is 0 Å². The predicted molar refractivity (Wildman–Crippen MR) is 83.3 cm³/mol. The molecule has 0 saturated heterocycles. The third-order valence-corrected chi connectivity index (χ3v) is 6.65. The summed E-state index contributed by atoms with van der Waals surface area (Å²) in [6.45, 7) is 4.65. The van der Waals surface area contributed by atoms with Crippen molar-refractivity contribution >= 4 is 0 Å². The highest BCUT2D eigenvalue weighted by Gasteiger charge is 2.55. The van der Waals surface area contributed by atoms with Gasteiger partial charge in [0.05, 0.1) is 6.10 Å². The van der Waals surface area contributed by atoms with E-state index in [0.717, 1.165) is 32.1 Å². The summed E-state index contributed by atoms with van der Waals surface area (Å²) in [5.74, 6) is 0.917. The van der Waals surface area contributed by atoms with Crippen molar-refractivity contribution in [2.24, 2.45) is 10.8 Å². The predicted octanol–water partition coefficient (Wildman–Crippen LogP) is 3.92. The Morgan fingerprint density at radius 3 is 2.76 bits per heavy atom. The Balaban J connectivity index is 1.82. The highest BCUT2D eigenvalue weighted by Crippen LogP contribution is 2.64. The zero-order valence-electron chi connectivity index (χ0n) is 12.9. The van der Waals surface area contributed by atoms with Gasteiger partial charge in [-0.2, -0.15) is 0 Å². The molecule has 1 saturated carbocycles. The second kappa shape index (κ2) is 4.13. The number of phenols is 1. The molecule has 3 aliphatic rings. The van der Waals surface area contributed by atoms with Gasteiger partial charge < -0.3 is 10.2 Å². The standard InChI is InChI=1S/C19H24O2/c1-18-9-7-12-11-13(20)3-4-14(12)15(18)8-10-19(2)16(18)5-6-17(19)21/h3-5,11,15,17,20-21H,6-10H2,1-2H3/t15-,17+,18+,19+/m1/s1. The summed E-state index contributed by atoms with van der Waals surface area (Å²) in [7, 11) is 0. The first-order valence-corrected chi connectivity index (χ1v) is 8.16. The van der Waals surface area contributed by atoms with Gasteiger partial charge in [0.15, 0.2) is 0 Å². The first-order valence-electron chi connectivity index (χ1n) is 8.16. The first kappa shape index (κ1) is 13.4. The minimum Gasteiger partial charge on any atom is -0.508 e. The summed E-state index contributed by atoms with van der Waals surface area (Å²) in [5.41, 5.74) is 4.40. The van der Waals surface area contributed by atoms with E-state index in [9.17, 15) is 10.2 Å². The summed E-state index contributed by atoms with van der Waals surface area (Å²) in [6.07, 6.45) is 7.30. The molecule has 0 amide bonds. The molecular weight excluding hydrogens is 260 g/mol. The number of aliphatic hydroxyl groups is 1. The normalized spacial score (nSPS) is 41.0. The van der Waals surface area contributed by atoms with Crippen LogP contribution in [0.2, 0.25) is 0 Å². The fraction of sp³-hybridized carbons (Fsp3) is 0.579. The number of fused-ring (bicyclic) bond motifs is 5. The second-order valence-electron chi connectivity index (χ2n) is 7.68. The van der Waals surface area contributed by atoms with Gasteiger partial charge in [-0.05, 0) is 66.7 Å². The lowest BCUT2D eigenvalue weighted by atomic mass is 9.50. The molecule has 0 aromatic heterocycles. The van der Waals surface area contributed by atoms with Gasteiger partial charge in [0.1, 0.15) is 5.75 Å². The van der Waals surface area contributed by atoms with Gasteiger partial charge >= 0.3 is 0 Å². The molecule has 21 heavy (non-hydrogen) atoms. The zero-order chi connectivity index (χ0) is 14.8. The molecule has 1 aromatic rings. The van der Waals surface area contributed by atoms with E-state index in [-0.39, 0.29) is 16.9 Å². The number of aryl methyl sites for hydroxylation is 1. The summed E-state index contributed by atoms with van der Waals surface area (Å²) in [5, 5.41) is 20.2. The van der Waals surface area contributed by atoms with Gasteiger partial charge in [0.25, 0.3) is 0 Å². The van der Waals surface area contributed by atoms with Crippen LogP contribution in [-0.2, 0) is 6.42 Å². The van der Waals surface area contributed by atoms with E-state index in [1.807, 2.05) is 12.1 Å². The molecule has 0 aliphatic heterocycles. The molecule has 0 heterocycles. The van der Waals surface area contributed by atoms with E-state index in [4.69, 9.17) is 0 Å². The average Bonchev–Trinajstić information content (AvgIpc) is 2.75. The van der Waals surface area contributed by atoms with E-state index in [1.54, 1.807) is 0 Å². The van der Waals surface area contributed by atoms with Crippen LogP contribution in [0.25, 0.3) is 0 Å². The fourth-order valence-corrected chi connectivity index (χ4v) is 5.39. The Hall–Kier alpha value is -1.28. The Labute approximate surface area is 126 Å². The summed E-state index contributed by atoms with van der Waals surface area (Å²) < 4.78 is 0. The zero-order valence-corrected chi connectivity index (χ0v) is 12.9. The van der Waals surface area contributed by atoms with E-state index in [1.165, 1.54) is 16.7 Å². The number of phenolic OH excluding ortho intramolecular Hbond substituents is 1. The largest absolute Gasteiger partial charge is 0.508 e. The van der Waals surface area contributed by atoms with E-state index in [2.05, 4.69) is 26.0 Å². The van der Waals surface area contributed by atoms with Gasteiger partial charge in [0.2, 0.25) is 0 Å². The van der Waals surface area contributed by atoms with Crippen molar-refractivity contribution in [3.63, 3.8) is 0 Å². The lowest BCUT2D eigenvalue weighted by Gasteiger charge is -2.54. The molecular formula is C19H24O2. The van der Waals surface area contributed by atoms with Crippen LogP contribution in [0.3, 0.4) is 0 Å². The van der Waals surface area contributed by atoms with E-state index < -0.39 is 0 Å². The summed E-state index contributed by atoms with van der Waals surface area (Å²) in [6, 6.07) is 5.90. The highest BCUT2D eigenvalue weighted by atomic mass is 16.3. The van der Waals surface area contributed by atoms with Crippen molar-refractivity contribution in [3.05, 3.63) is 41.0 Å². The molecule has 3 aliphatic carbocycles. The van der Waals surface area contributed by atoms with Crippen molar-refractivity contribution in [2.45, 2.75) is 58.0 Å². The topological polar surface area (TPSA) is 40.5 Å². The Morgan fingerprint density at radius 2 is 1.95 bits per heavy atom. The SMILES string of the molecule is C[C@]12CC[C@@H]3c4ccc(O)cc4CC[C@]3(C)C1=CC[C@@H]2O. The Kier molecular flexibility index (Phi) is 2.63. The fourth-order valence-electron chi connectivity index (χ4n) is 5.39. The number of benzene rings is 1. The van der Waals surface area contributed by atoms with Crippen molar-refractivity contribution in [1.82, 2.24) is 0 Å². The number of hydrogen-bond donors (Lipinski definition) is 2. The molecule has 0 radical (unpaired) electrons. The third kappa shape index (κ3) is 1.63. The molecule has 1 aromatic carbocycles.